The van der Waals surface area contributed by atoms with Crippen molar-refractivity contribution in [3.8, 4) is 5.75 Å². The Labute approximate surface area is 245 Å². The van der Waals surface area contributed by atoms with E-state index in [1.807, 2.05) is 6.92 Å². The van der Waals surface area contributed by atoms with E-state index in [0.29, 0.717) is 28.1 Å². The Morgan fingerprint density at radius 2 is 1.61 bits per heavy atom. The molecule has 0 N–H and O–H groups in total. The number of nitro groups is 1. The summed E-state index contributed by atoms with van der Waals surface area (Å²) in [6, 6.07) is 25.5. The van der Waals surface area contributed by atoms with Gasteiger partial charge in [-0.15, -0.1) is 0 Å². The second-order valence-corrected chi connectivity index (χ2v) is 13.1. The lowest BCUT2D eigenvalue weighted by atomic mass is 9.66. The van der Waals surface area contributed by atoms with Crippen LogP contribution in [-0.2, 0) is 10.0 Å². The maximum absolute atomic E-state index is 14.5. The van der Waals surface area contributed by atoms with Crippen LogP contribution in [0.1, 0.15) is 45.4 Å². The van der Waals surface area contributed by atoms with E-state index in [0.717, 1.165) is 10.0 Å². The summed E-state index contributed by atoms with van der Waals surface area (Å²) in [5, 5.41) is 13.3. The van der Waals surface area contributed by atoms with Crippen LogP contribution in [0.15, 0.2) is 106 Å². The van der Waals surface area contributed by atoms with Crippen LogP contribution in [-0.4, -0.2) is 31.3 Å². The largest absolute Gasteiger partial charge is 0.486 e. The number of rotatable bonds is 6. The number of carbonyl (C=O) groups excluding carboxylic acids is 1. The number of Topliss-reactive ketones (excluding diaryl/α,β-unsaturated/α-hetero) is 1. The van der Waals surface area contributed by atoms with E-state index >= 15 is 0 Å². The molecule has 0 saturated carbocycles. The molecule has 0 radical (unpaired) electrons. The predicted molar refractivity (Wildman–Crippen MR) is 158 cm³/mol. The van der Waals surface area contributed by atoms with Gasteiger partial charge in [-0.1, -0.05) is 82.2 Å². The number of hydrogen-bond donors (Lipinski definition) is 0. The van der Waals surface area contributed by atoms with Gasteiger partial charge in [0, 0.05) is 26.9 Å². The summed E-state index contributed by atoms with van der Waals surface area (Å²) < 4.78 is 36.9. The van der Waals surface area contributed by atoms with Crippen molar-refractivity contribution in [1.29, 1.82) is 0 Å². The number of halogens is 1. The first-order chi connectivity index (χ1) is 19.6. The summed E-state index contributed by atoms with van der Waals surface area (Å²) >= 11 is 3.37. The van der Waals surface area contributed by atoms with Crippen LogP contribution >= 0.6 is 15.9 Å². The van der Waals surface area contributed by atoms with Crippen molar-refractivity contribution in [3.63, 3.8) is 0 Å². The van der Waals surface area contributed by atoms with Gasteiger partial charge in [0.05, 0.1) is 16.5 Å². The number of para-hydroxylation sites is 2. The average Bonchev–Trinajstić information content (AvgIpc) is 2.97. The minimum absolute atomic E-state index is 0.0171. The molecule has 8 nitrogen and oxygen atoms in total. The van der Waals surface area contributed by atoms with Crippen LogP contribution in [0.5, 0.6) is 5.75 Å². The highest BCUT2D eigenvalue weighted by Crippen LogP contribution is 2.58. The molecule has 10 heteroatoms. The van der Waals surface area contributed by atoms with E-state index in [-0.39, 0.29) is 17.1 Å². The molecule has 2 heterocycles. The molecule has 2 aliphatic rings. The maximum Gasteiger partial charge on any atom is 0.287 e. The number of ketones is 1. The zero-order valence-corrected chi connectivity index (χ0v) is 24.3. The van der Waals surface area contributed by atoms with Crippen molar-refractivity contribution in [3.05, 3.63) is 134 Å². The summed E-state index contributed by atoms with van der Waals surface area (Å²) in [6.45, 7) is 1.44. The molecule has 0 spiro atoms. The zero-order valence-electron chi connectivity index (χ0n) is 21.9. The van der Waals surface area contributed by atoms with Crippen molar-refractivity contribution < 1.29 is 22.9 Å². The third-order valence-corrected chi connectivity index (χ3v) is 10.3. The molecule has 41 heavy (non-hydrogen) atoms. The van der Waals surface area contributed by atoms with Crippen molar-refractivity contribution in [2.75, 3.05) is 10.9 Å². The van der Waals surface area contributed by atoms with Crippen molar-refractivity contribution >= 4 is 37.4 Å². The van der Waals surface area contributed by atoms with E-state index in [2.05, 4.69) is 15.9 Å². The second kappa shape index (κ2) is 10.1. The van der Waals surface area contributed by atoms with Crippen molar-refractivity contribution in [2.24, 2.45) is 0 Å². The molecule has 0 saturated heterocycles. The number of ether oxygens (including phenoxy) is 1. The fraction of sp³-hybridized carbons (Fsp3) is 0.194. The molecule has 0 unspecified atom stereocenters. The molecular weight excluding hydrogens is 608 g/mol. The molecular formula is C31H25BrN2O6S. The molecule has 4 aromatic carbocycles. The summed E-state index contributed by atoms with van der Waals surface area (Å²) in [5.41, 5.74) is 0.385. The van der Waals surface area contributed by atoms with Crippen LogP contribution < -0.4 is 9.04 Å². The molecule has 6 rings (SSSR count). The van der Waals surface area contributed by atoms with Gasteiger partial charge in [-0.25, -0.2) is 8.42 Å². The van der Waals surface area contributed by atoms with Crippen molar-refractivity contribution in [2.45, 2.75) is 35.7 Å². The lowest BCUT2D eigenvalue weighted by Crippen LogP contribution is -2.64. The summed E-state index contributed by atoms with van der Waals surface area (Å²) in [7, 11) is -4.30. The molecule has 3 atom stereocenters. The lowest BCUT2D eigenvalue weighted by Gasteiger charge is -2.50. The monoisotopic (exact) mass is 632 g/mol. The van der Waals surface area contributed by atoms with E-state index in [1.54, 1.807) is 84.9 Å². The van der Waals surface area contributed by atoms with E-state index in [4.69, 9.17) is 4.74 Å². The van der Waals surface area contributed by atoms with Crippen LogP contribution in [0.2, 0.25) is 0 Å². The molecule has 0 amide bonds. The van der Waals surface area contributed by atoms with Crippen molar-refractivity contribution in [1.82, 2.24) is 0 Å². The Bertz CT molecular complexity index is 1780. The third-order valence-electron chi connectivity index (χ3n) is 8.01. The van der Waals surface area contributed by atoms with Gasteiger partial charge in [-0.05, 0) is 48.9 Å². The quantitative estimate of drug-likeness (QED) is 0.137. The predicted octanol–water partition coefficient (Wildman–Crippen LogP) is 6.47. The fourth-order valence-electron chi connectivity index (χ4n) is 5.99. The van der Waals surface area contributed by atoms with Gasteiger partial charge in [0.15, 0.2) is 12.4 Å². The molecule has 4 aromatic rings. The molecule has 0 fully saturated rings. The van der Waals surface area contributed by atoms with Crippen LogP contribution in [0.25, 0.3) is 0 Å². The summed E-state index contributed by atoms with van der Waals surface area (Å²) in [4.78, 5) is 26.6. The minimum atomic E-state index is -4.30. The SMILES string of the molecule is Cc1ccc(S(=O)(=O)N2c3ccccc3[C@@H](CC(=O)c3ccc(Br)cc3)[C@@]3([N+](=O)[O-])COc4ccccc4[C@@H]23)cc1. The number of anilines is 1. The van der Waals surface area contributed by atoms with E-state index < -0.39 is 39.1 Å². The van der Waals surface area contributed by atoms with Gasteiger partial charge in [-0.2, -0.15) is 0 Å². The van der Waals surface area contributed by atoms with Gasteiger partial charge < -0.3 is 4.74 Å². The Balaban J connectivity index is 1.62. The van der Waals surface area contributed by atoms with Crippen LogP contribution in [0.3, 0.4) is 0 Å². The minimum Gasteiger partial charge on any atom is -0.486 e. The fourth-order valence-corrected chi connectivity index (χ4v) is 7.96. The van der Waals surface area contributed by atoms with Crippen LogP contribution in [0, 0.1) is 17.0 Å². The molecule has 208 valence electrons. The highest BCUT2D eigenvalue weighted by atomic mass is 79.9. The Hall–Kier alpha value is -4.02. The molecule has 0 aromatic heterocycles. The summed E-state index contributed by atoms with van der Waals surface area (Å²) in [5.74, 6) is -0.893. The molecule has 0 bridgehead atoms. The zero-order chi connectivity index (χ0) is 28.9. The smallest absolute Gasteiger partial charge is 0.287 e. The van der Waals surface area contributed by atoms with Gasteiger partial charge in [0.2, 0.25) is 0 Å². The average molecular weight is 634 g/mol. The summed E-state index contributed by atoms with van der Waals surface area (Å²) in [6.07, 6.45) is -0.208. The van der Waals surface area contributed by atoms with E-state index in [9.17, 15) is 23.3 Å². The number of sulfonamides is 1. The molecule has 0 aliphatic carbocycles. The normalized spacial score (nSPS) is 21.2. The first kappa shape index (κ1) is 27.2. The Kier molecular flexibility index (Phi) is 6.70. The maximum atomic E-state index is 14.5. The number of aryl methyl sites for hydroxylation is 1. The Morgan fingerprint density at radius 3 is 2.29 bits per heavy atom. The number of benzene rings is 4. The standard InChI is InChI=1S/C31H25BrN2O6S/c1-20-10-16-23(17-11-20)41(38,39)33-27-8-4-2-6-24(27)26(18-28(35)21-12-14-22(32)15-13-21)31(34(36)37)19-40-29-9-5-3-7-25(29)30(31)33/h2-17,26,30H,18-19H2,1H3/t26-,30-,31+/m1/s1. The number of nitrogens with zero attached hydrogens (tertiary/aromatic N) is 2. The van der Waals surface area contributed by atoms with Gasteiger partial charge in [-0.3, -0.25) is 19.2 Å². The lowest BCUT2D eigenvalue weighted by molar-refractivity contribution is -0.584. The third kappa shape index (κ3) is 4.33. The number of fused-ring (bicyclic) bond motifs is 4. The van der Waals surface area contributed by atoms with Gasteiger partial charge in [0.25, 0.3) is 15.6 Å². The number of hydrogen-bond acceptors (Lipinski definition) is 6. The highest BCUT2D eigenvalue weighted by molar-refractivity contribution is 9.10. The molecule has 2 aliphatic heterocycles. The number of carbonyl (C=O) groups is 1. The first-order valence-corrected chi connectivity index (χ1v) is 15.2. The van der Waals surface area contributed by atoms with Gasteiger partial charge in [0.1, 0.15) is 11.8 Å². The first-order valence-electron chi connectivity index (χ1n) is 13.0. The van der Waals surface area contributed by atoms with E-state index in [1.165, 1.54) is 16.4 Å². The second-order valence-electron chi connectivity index (χ2n) is 10.3. The van der Waals surface area contributed by atoms with Gasteiger partial charge >= 0.3 is 0 Å². The highest BCUT2D eigenvalue weighted by Gasteiger charge is 2.68. The Morgan fingerprint density at radius 1 is 0.976 bits per heavy atom. The van der Waals surface area contributed by atoms with Crippen LogP contribution in [0.4, 0.5) is 5.69 Å². The topological polar surface area (TPSA) is 107 Å².